The van der Waals surface area contributed by atoms with Gasteiger partial charge in [0.2, 0.25) is 0 Å². The van der Waals surface area contributed by atoms with Crippen LogP contribution in [-0.2, 0) is 0 Å². The zero-order valence-corrected chi connectivity index (χ0v) is 17.3. The van der Waals surface area contributed by atoms with E-state index in [1.165, 1.54) is 18.2 Å². The predicted octanol–water partition coefficient (Wildman–Crippen LogP) is 5.06. The first kappa shape index (κ1) is 21.5. The molecule has 3 aromatic carbocycles. The summed E-state index contributed by atoms with van der Waals surface area (Å²) in [4.78, 5) is 12.4. The van der Waals surface area contributed by atoms with Crippen LogP contribution in [0, 0.1) is 5.82 Å². The van der Waals surface area contributed by atoms with E-state index >= 15 is 0 Å². The van der Waals surface area contributed by atoms with Gasteiger partial charge in [0, 0.05) is 11.3 Å². The van der Waals surface area contributed by atoms with Gasteiger partial charge in [0.15, 0.2) is 5.11 Å². The zero-order valence-electron chi connectivity index (χ0n) is 15.7. The third kappa shape index (κ3) is 6.43. The molecule has 154 valence electrons. The van der Waals surface area contributed by atoms with E-state index in [-0.39, 0.29) is 10.1 Å². The van der Waals surface area contributed by atoms with E-state index in [1.807, 2.05) is 30.3 Å². The Balaban J connectivity index is 1.49. The minimum atomic E-state index is -0.539. The summed E-state index contributed by atoms with van der Waals surface area (Å²) in [5, 5.41) is 5.36. The number of benzene rings is 3. The van der Waals surface area contributed by atoms with Crippen LogP contribution in [0.5, 0.6) is 11.5 Å². The third-order valence-corrected chi connectivity index (χ3v) is 4.36. The van der Waals surface area contributed by atoms with Crippen LogP contribution in [0.25, 0.3) is 0 Å². The third-order valence-electron chi connectivity index (χ3n) is 3.86. The van der Waals surface area contributed by atoms with Crippen molar-refractivity contribution in [2.45, 2.75) is 0 Å². The highest BCUT2D eigenvalue weighted by Gasteiger charge is 2.10. The Bertz CT molecular complexity index is 1030. The van der Waals surface area contributed by atoms with E-state index in [0.29, 0.717) is 30.2 Å². The average Bonchev–Trinajstić information content (AvgIpc) is 2.75. The fourth-order valence-corrected chi connectivity index (χ4v) is 2.87. The molecule has 0 fully saturated rings. The summed E-state index contributed by atoms with van der Waals surface area (Å²) in [6.45, 7) is 0.694. The molecule has 0 unspecified atom stereocenters. The normalized spacial score (nSPS) is 10.2. The molecule has 0 aliphatic heterocycles. The maximum atomic E-state index is 13.2. The highest BCUT2D eigenvalue weighted by molar-refractivity contribution is 7.80. The molecule has 0 radical (unpaired) electrons. The Labute approximate surface area is 183 Å². The summed E-state index contributed by atoms with van der Waals surface area (Å²) in [7, 11) is 0. The van der Waals surface area contributed by atoms with E-state index in [2.05, 4.69) is 10.6 Å². The molecule has 0 saturated heterocycles. The molecule has 0 spiro atoms. The zero-order chi connectivity index (χ0) is 21.3. The van der Waals surface area contributed by atoms with E-state index in [1.54, 1.807) is 24.3 Å². The first-order valence-corrected chi connectivity index (χ1v) is 9.78. The largest absolute Gasteiger partial charge is 0.490 e. The Morgan fingerprint density at radius 3 is 2.37 bits per heavy atom. The minimum absolute atomic E-state index is 0.0461. The number of hydrogen-bond acceptors (Lipinski definition) is 4. The van der Waals surface area contributed by atoms with Gasteiger partial charge in [-0.25, -0.2) is 4.39 Å². The summed E-state index contributed by atoms with van der Waals surface area (Å²) in [6.07, 6.45) is 0. The molecule has 2 N–H and O–H groups in total. The van der Waals surface area contributed by atoms with Gasteiger partial charge in [-0.15, -0.1) is 0 Å². The van der Waals surface area contributed by atoms with Crippen LogP contribution in [-0.4, -0.2) is 24.2 Å². The fraction of sp³-hybridized carbons (Fsp3) is 0.0909. The van der Waals surface area contributed by atoms with Gasteiger partial charge in [-0.3, -0.25) is 10.1 Å². The predicted molar refractivity (Wildman–Crippen MR) is 119 cm³/mol. The molecule has 0 aliphatic rings. The maximum Gasteiger partial charge on any atom is 0.257 e. The number of carbonyl (C=O) groups is 1. The van der Waals surface area contributed by atoms with Gasteiger partial charge >= 0.3 is 0 Å². The number of anilines is 1. The van der Waals surface area contributed by atoms with Crippen molar-refractivity contribution in [3.63, 3.8) is 0 Å². The summed E-state index contributed by atoms with van der Waals surface area (Å²) in [5.41, 5.74) is 0.833. The number of hydrogen-bond donors (Lipinski definition) is 2. The molecule has 5 nitrogen and oxygen atoms in total. The first-order chi connectivity index (χ1) is 14.5. The molecule has 0 aliphatic carbocycles. The number of thiocarbonyl (C=S) groups is 1. The first-order valence-electron chi connectivity index (χ1n) is 8.99. The number of rotatable bonds is 7. The Kier molecular flexibility index (Phi) is 7.59. The van der Waals surface area contributed by atoms with Crippen molar-refractivity contribution in [1.82, 2.24) is 5.32 Å². The second-order valence-corrected chi connectivity index (χ2v) is 6.89. The van der Waals surface area contributed by atoms with E-state index in [0.717, 1.165) is 5.75 Å². The second-order valence-electron chi connectivity index (χ2n) is 6.07. The Morgan fingerprint density at radius 1 is 0.933 bits per heavy atom. The van der Waals surface area contributed by atoms with Crippen LogP contribution >= 0.6 is 23.8 Å². The van der Waals surface area contributed by atoms with Gasteiger partial charge in [-0.1, -0.05) is 35.9 Å². The maximum absolute atomic E-state index is 13.2. The number of carbonyl (C=O) groups excluding carboxylic acids is 1. The van der Waals surface area contributed by atoms with Crippen LogP contribution in [0.1, 0.15) is 10.4 Å². The summed E-state index contributed by atoms with van der Waals surface area (Å²) >= 11 is 10.9. The molecule has 0 saturated carbocycles. The van der Waals surface area contributed by atoms with Crippen molar-refractivity contribution < 1.29 is 18.7 Å². The smallest absolute Gasteiger partial charge is 0.257 e. The van der Waals surface area contributed by atoms with Gasteiger partial charge in [0.25, 0.3) is 5.91 Å². The lowest BCUT2D eigenvalue weighted by Crippen LogP contribution is -2.34. The molecular weight excluding hydrogens is 427 g/mol. The van der Waals surface area contributed by atoms with Crippen molar-refractivity contribution in [2.75, 3.05) is 18.5 Å². The lowest BCUT2D eigenvalue weighted by atomic mass is 10.2. The second kappa shape index (κ2) is 10.6. The highest BCUT2D eigenvalue weighted by Crippen LogP contribution is 2.19. The van der Waals surface area contributed by atoms with E-state index < -0.39 is 11.7 Å². The SMILES string of the molecule is O=C(NC(=S)Nc1ccc(F)c(Cl)c1)c1cccc(OCCOc2ccccc2)c1. The van der Waals surface area contributed by atoms with Gasteiger partial charge in [0.1, 0.15) is 30.5 Å². The molecule has 0 atom stereocenters. The van der Waals surface area contributed by atoms with Crippen molar-refractivity contribution in [2.24, 2.45) is 0 Å². The number of nitrogens with one attached hydrogen (secondary N) is 2. The van der Waals surface area contributed by atoms with Crippen molar-refractivity contribution in [1.29, 1.82) is 0 Å². The summed E-state index contributed by atoms with van der Waals surface area (Å²) < 4.78 is 24.4. The van der Waals surface area contributed by atoms with E-state index in [9.17, 15) is 9.18 Å². The van der Waals surface area contributed by atoms with Crippen LogP contribution < -0.4 is 20.1 Å². The quantitative estimate of drug-likeness (QED) is 0.394. The molecule has 8 heteroatoms. The molecule has 0 heterocycles. The van der Waals surface area contributed by atoms with Crippen molar-refractivity contribution >= 4 is 40.5 Å². The van der Waals surface area contributed by atoms with Gasteiger partial charge in [-0.2, -0.15) is 0 Å². The molecule has 0 bridgehead atoms. The number of ether oxygens (including phenoxy) is 2. The highest BCUT2D eigenvalue weighted by atomic mass is 35.5. The van der Waals surface area contributed by atoms with Crippen LogP contribution in [0.15, 0.2) is 72.8 Å². The molecular formula is C22H18ClFN2O3S. The molecule has 3 aromatic rings. The topological polar surface area (TPSA) is 59.6 Å². The standard InChI is InChI=1S/C22H18ClFN2O3S/c23-19-14-16(9-10-20(19)24)25-22(30)26-21(27)15-5-4-8-18(13-15)29-12-11-28-17-6-2-1-3-7-17/h1-10,13-14H,11-12H2,(H2,25,26,27,30). The lowest BCUT2D eigenvalue weighted by Gasteiger charge is -2.11. The molecule has 0 aromatic heterocycles. The minimum Gasteiger partial charge on any atom is -0.490 e. The van der Waals surface area contributed by atoms with Crippen LogP contribution in [0.4, 0.5) is 10.1 Å². The van der Waals surface area contributed by atoms with Crippen molar-refractivity contribution in [3.05, 3.63) is 89.2 Å². The number of halogens is 2. The van der Waals surface area contributed by atoms with Gasteiger partial charge < -0.3 is 14.8 Å². The summed E-state index contributed by atoms with van der Waals surface area (Å²) in [5.74, 6) is 0.344. The van der Waals surface area contributed by atoms with Crippen LogP contribution in [0.3, 0.4) is 0 Å². The average molecular weight is 445 g/mol. The van der Waals surface area contributed by atoms with Crippen molar-refractivity contribution in [3.8, 4) is 11.5 Å². The Morgan fingerprint density at radius 2 is 1.63 bits per heavy atom. The number of amides is 1. The number of para-hydroxylation sites is 1. The van der Waals surface area contributed by atoms with Crippen LogP contribution in [0.2, 0.25) is 5.02 Å². The summed E-state index contributed by atoms with van der Waals surface area (Å²) in [6, 6.07) is 20.2. The lowest BCUT2D eigenvalue weighted by molar-refractivity contribution is 0.0977. The van der Waals surface area contributed by atoms with Gasteiger partial charge in [-0.05, 0) is 60.7 Å². The van der Waals surface area contributed by atoms with E-state index in [4.69, 9.17) is 33.3 Å². The Hall–Kier alpha value is -3.16. The molecule has 3 rings (SSSR count). The monoisotopic (exact) mass is 444 g/mol. The molecule has 1 amide bonds. The fourth-order valence-electron chi connectivity index (χ4n) is 2.47. The molecule has 30 heavy (non-hydrogen) atoms. The van der Waals surface area contributed by atoms with Gasteiger partial charge in [0.05, 0.1) is 5.02 Å².